The Morgan fingerprint density at radius 3 is 0.988 bits per heavy atom. The Bertz CT molecular complexity index is 1730. The molecule has 0 saturated carbocycles. The predicted octanol–water partition coefficient (Wildman–Crippen LogP) is 23.1. The fourth-order valence-electron chi connectivity index (χ4n) is 10.4. The monoisotopic (exact) mass is 1220 g/mol. The lowest BCUT2D eigenvalue weighted by atomic mass is 10.0. The summed E-state index contributed by atoms with van der Waals surface area (Å²) in [5, 5.41) is 0. The summed E-state index contributed by atoms with van der Waals surface area (Å²) >= 11 is 0. The van der Waals surface area contributed by atoms with E-state index in [0.29, 0.717) is 17.4 Å². The molecule has 0 fully saturated rings. The van der Waals surface area contributed by atoms with E-state index in [4.69, 9.17) is 18.5 Å². The highest BCUT2D eigenvalue weighted by atomic mass is 31.2. The van der Waals surface area contributed by atoms with Gasteiger partial charge >= 0.3 is 11.9 Å². The number of hydrogen-bond acceptors (Lipinski definition) is 8. The Hall–Kier alpha value is -2.81. The molecule has 0 aromatic heterocycles. The van der Waals surface area contributed by atoms with Gasteiger partial charge in [-0.2, -0.15) is 0 Å². The highest BCUT2D eigenvalue weighted by molar-refractivity contribution is 7.45. The molecule has 9 nitrogen and oxygen atoms in total. The van der Waals surface area contributed by atoms with Gasteiger partial charge in [-0.25, -0.2) is 0 Å². The Balaban J connectivity index is 3.91. The SMILES string of the molecule is CC/C=C\C/C=C\C/C=C\C/C=C\C/C=C\CCCCCCCC(=O)OC(COC(=O)CCCCCCCCCCCCCCCCCCCCCCCCCCCCCCC/C=C\C/C=C\CCCCCCC)COP(=O)([O-])OCC[N+](C)(C)C. The predicted molar refractivity (Wildman–Crippen MR) is 369 cm³/mol. The van der Waals surface area contributed by atoms with Crippen molar-refractivity contribution >= 4 is 19.8 Å². The van der Waals surface area contributed by atoms with Crippen molar-refractivity contribution in [1.82, 2.24) is 0 Å². The summed E-state index contributed by atoms with van der Waals surface area (Å²) in [5.74, 6) is -0.846. The average Bonchev–Trinajstić information content (AvgIpc) is 3.67. The van der Waals surface area contributed by atoms with Crippen LogP contribution < -0.4 is 4.89 Å². The van der Waals surface area contributed by atoms with Gasteiger partial charge in [0, 0.05) is 12.8 Å². The van der Waals surface area contributed by atoms with Crippen LogP contribution in [0.2, 0.25) is 0 Å². The highest BCUT2D eigenvalue weighted by Crippen LogP contribution is 2.38. The van der Waals surface area contributed by atoms with Gasteiger partial charge in [0.2, 0.25) is 0 Å². The first-order valence-electron chi connectivity index (χ1n) is 36.3. The number of phosphoric acid groups is 1. The van der Waals surface area contributed by atoms with Crippen molar-refractivity contribution in [2.24, 2.45) is 0 Å². The number of unbranched alkanes of at least 4 members (excludes halogenated alkanes) is 39. The van der Waals surface area contributed by atoms with E-state index in [2.05, 4.69) is 98.9 Å². The lowest BCUT2D eigenvalue weighted by Gasteiger charge is -2.28. The minimum absolute atomic E-state index is 0.0369. The molecule has 0 N–H and O–H groups in total. The Kier molecular flexibility index (Phi) is 64.4. The van der Waals surface area contributed by atoms with Crippen molar-refractivity contribution in [1.29, 1.82) is 0 Å². The smallest absolute Gasteiger partial charge is 0.306 e. The zero-order valence-electron chi connectivity index (χ0n) is 57.0. The molecule has 0 radical (unpaired) electrons. The van der Waals surface area contributed by atoms with Crippen molar-refractivity contribution in [3.63, 3.8) is 0 Å². The third kappa shape index (κ3) is 70.3. The Morgan fingerprint density at radius 2 is 0.663 bits per heavy atom. The summed E-state index contributed by atoms with van der Waals surface area (Å²) in [5.41, 5.74) is 0. The molecular weight excluding hydrogens is 1090 g/mol. The van der Waals surface area contributed by atoms with Crippen LogP contribution in [0.5, 0.6) is 0 Å². The first-order valence-corrected chi connectivity index (χ1v) is 37.8. The van der Waals surface area contributed by atoms with E-state index >= 15 is 0 Å². The van der Waals surface area contributed by atoms with Gasteiger partial charge in [0.15, 0.2) is 6.10 Å². The number of carbonyl (C=O) groups is 2. The number of carbonyl (C=O) groups excluding carboxylic acids is 2. The second-order valence-corrected chi connectivity index (χ2v) is 27.0. The fourth-order valence-corrected chi connectivity index (χ4v) is 11.1. The standard InChI is InChI=1S/C76H138NO8P/c1-6-8-10-12-14-16-18-20-22-24-26-28-29-30-31-32-33-34-35-36-37-38-39-40-41-42-43-44-45-46-47-49-50-52-54-56-58-60-62-64-66-68-75(78)82-72-74(73-84-86(80,81)83-71-70-77(3,4)5)85-76(79)69-67-65-63-61-59-57-55-53-51-48-27-25-23-21-19-17-15-13-11-9-7-2/h9,11,15,17-18,20-21,23-24,26-27,48,53,55,74H,6-8,10,12-14,16,19,22,25,28-47,49-52,54,56-73H2,1-5H3/b11-9-,17-15-,20-18-,23-21-,26-24-,48-27-,55-53-. The zero-order valence-corrected chi connectivity index (χ0v) is 57.9. The topological polar surface area (TPSA) is 111 Å². The molecule has 86 heavy (non-hydrogen) atoms. The molecule has 0 aliphatic rings. The van der Waals surface area contributed by atoms with Gasteiger partial charge < -0.3 is 27.9 Å². The number of quaternary nitrogens is 1. The van der Waals surface area contributed by atoms with Crippen molar-refractivity contribution in [2.75, 3.05) is 47.5 Å². The highest BCUT2D eigenvalue weighted by Gasteiger charge is 2.22. The molecule has 0 aliphatic carbocycles. The lowest BCUT2D eigenvalue weighted by molar-refractivity contribution is -0.870. The number of hydrogen-bond donors (Lipinski definition) is 0. The van der Waals surface area contributed by atoms with E-state index in [-0.39, 0.29) is 32.0 Å². The molecular formula is C76H138NO8P. The minimum Gasteiger partial charge on any atom is -0.756 e. The third-order valence-electron chi connectivity index (χ3n) is 15.9. The summed E-state index contributed by atoms with van der Waals surface area (Å²) in [6.07, 6.45) is 91.3. The molecule has 2 atom stereocenters. The number of likely N-dealkylation sites (N-methyl/N-ethyl adjacent to an activating group) is 1. The summed E-state index contributed by atoms with van der Waals surface area (Å²) < 4.78 is 34.3. The van der Waals surface area contributed by atoms with Gasteiger partial charge in [-0.1, -0.05) is 317 Å². The molecule has 0 rings (SSSR count). The van der Waals surface area contributed by atoms with Crippen LogP contribution in [0.15, 0.2) is 85.1 Å². The molecule has 2 unspecified atom stereocenters. The molecule has 10 heteroatoms. The molecule has 0 aromatic rings. The van der Waals surface area contributed by atoms with Crippen LogP contribution in [0.3, 0.4) is 0 Å². The van der Waals surface area contributed by atoms with Crippen molar-refractivity contribution in [3.05, 3.63) is 85.1 Å². The molecule has 0 saturated heterocycles. The van der Waals surface area contributed by atoms with Gasteiger partial charge in [0.05, 0.1) is 27.7 Å². The second kappa shape index (κ2) is 66.6. The number of rotatable bonds is 67. The van der Waals surface area contributed by atoms with Crippen LogP contribution >= 0.6 is 7.82 Å². The van der Waals surface area contributed by atoms with Crippen molar-refractivity contribution in [2.45, 2.75) is 341 Å². The summed E-state index contributed by atoms with van der Waals surface area (Å²) in [7, 11) is 1.15. The van der Waals surface area contributed by atoms with Crippen molar-refractivity contribution < 1.29 is 42.1 Å². The lowest BCUT2D eigenvalue weighted by Crippen LogP contribution is -2.37. The molecule has 0 spiro atoms. The van der Waals surface area contributed by atoms with E-state index in [1.807, 2.05) is 21.1 Å². The van der Waals surface area contributed by atoms with Crippen molar-refractivity contribution in [3.8, 4) is 0 Å². The number of ether oxygens (including phenoxy) is 2. The van der Waals surface area contributed by atoms with Gasteiger partial charge in [0.25, 0.3) is 7.82 Å². The molecule has 0 aliphatic heterocycles. The first-order chi connectivity index (χ1) is 42.0. The molecule has 0 aromatic carbocycles. The van der Waals surface area contributed by atoms with E-state index in [1.54, 1.807) is 0 Å². The van der Waals surface area contributed by atoms with Crippen LogP contribution in [0.4, 0.5) is 0 Å². The van der Waals surface area contributed by atoms with Gasteiger partial charge in [0.1, 0.15) is 19.8 Å². The van der Waals surface area contributed by atoms with Crippen LogP contribution in [0, 0.1) is 0 Å². The third-order valence-corrected chi connectivity index (χ3v) is 16.9. The van der Waals surface area contributed by atoms with E-state index < -0.39 is 26.5 Å². The second-order valence-electron chi connectivity index (χ2n) is 25.6. The number of phosphoric ester groups is 1. The maximum absolute atomic E-state index is 12.8. The maximum Gasteiger partial charge on any atom is 0.306 e. The first kappa shape index (κ1) is 83.2. The number of nitrogens with zero attached hydrogens (tertiary/aromatic N) is 1. The Morgan fingerprint density at radius 1 is 0.372 bits per heavy atom. The van der Waals surface area contributed by atoms with E-state index in [9.17, 15) is 19.0 Å². The van der Waals surface area contributed by atoms with Gasteiger partial charge in [-0.3, -0.25) is 14.2 Å². The maximum atomic E-state index is 12.8. The molecule has 0 bridgehead atoms. The fraction of sp³-hybridized carbons (Fsp3) is 0.789. The number of esters is 2. The van der Waals surface area contributed by atoms with E-state index in [0.717, 1.165) is 89.9 Å². The summed E-state index contributed by atoms with van der Waals surface area (Å²) in [4.78, 5) is 38.0. The minimum atomic E-state index is -4.65. The average molecular weight is 1220 g/mol. The normalized spacial score (nSPS) is 13.6. The molecule has 0 amide bonds. The van der Waals surface area contributed by atoms with Gasteiger partial charge in [-0.15, -0.1) is 0 Å². The van der Waals surface area contributed by atoms with Gasteiger partial charge in [-0.05, 0) is 89.9 Å². The van der Waals surface area contributed by atoms with Crippen LogP contribution in [-0.4, -0.2) is 70.0 Å². The quantitative estimate of drug-likeness (QED) is 0.0195. The van der Waals surface area contributed by atoms with Crippen LogP contribution in [-0.2, 0) is 32.7 Å². The van der Waals surface area contributed by atoms with Crippen LogP contribution in [0.1, 0.15) is 335 Å². The Labute approximate surface area is 532 Å². The number of allylic oxidation sites excluding steroid dienone is 14. The summed E-state index contributed by atoms with van der Waals surface area (Å²) in [6.45, 7) is 4.12. The summed E-state index contributed by atoms with van der Waals surface area (Å²) in [6, 6.07) is 0. The van der Waals surface area contributed by atoms with Crippen LogP contribution in [0.25, 0.3) is 0 Å². The molecule has 0 heterocycles. The largest absolute Gasteiger partial charge is 0.756 e. The van der Waals surface area contributed by atoms with E-state index in [1.165, 1.54) is 212 Å². The zero-order chi connectivity index (χ0) is 62.6. The molecule has 500 valence electrons.